The highest BCUT2D eigenvalue weighted by molar-refractivity contribution is 7.09. The van der Waals surface area contributed by atoms with Gasteiger partial charge in [0.2, 0.25) is 5.91 Å². The van der Waals surface area contributed by atoms with Crippen molar-refractivity contribution in [2.24, 2.45) is 5.92 Å². The molecule has 1 aliphatic heterocycles. The van der Waals surface area contributed by atoms with E-state index < -0.39 is 11.6 Å². The number of thiophene rings is 1. The average Bonchev–Trinajstić information content (AvgIpc) is 3.14. The van der Waals surface area contributed by atoms with Crippen LogP contribution in [0.3, 0.4) is 0 Å². The van der Waals surface area contributed by atoms with E-state index >= 15 is 0 Å². The Bertz CT molecular complexity index is 621. The molecule has 1 saturated carbocycles. The normalized spacial score (nSPS) is 26.7. The summed E-state index contributed by atoms with van der Waals surface area (Å²) in [5.74, 6) is 0.0408. The number of nitrogens with zero attached hydrogens (tertiary/aromatic N) is 1. The number of rotatable bonds is 5. The number of imide groups is 1. The smallest absolute Gasteiger partial charge is 0.325 e. The van der Waals surface area contributed by atoms with Crippen LogP contribution in [-0.4, -0.2) is 41.4 Å². The lowest BCUT2D eigenvalue weighted by molar-refractivity contribution is -0.136. The molecule has 1 aliphatic carbocycles. The Morgan fingerprint density at radius 1 is 1.42 bits per heavy atom. The van der Waals surface area contributed by atoms with Crippen molar-refractivity contribution >= 4 is 29.2 Å². The van der Waals surface area contributed by atoms with Gasteiger partial charge in [0.25, 0.3) is 5.91 Å². The Balaban J connectivity index is 1.52. The van der Waals surface area contributed by atoms with E-state index in [4.69, 9.17) is 0 Å². The van der Waals surface area contributed by atoms with E-state index in [-0.39, 0.29) is 18.4 Å². The van der Waals surface area contributed by atoms with Gasteiger partial charge >= 0.3 is 6.03 Å². The van der Waals surface area contributed by atoms with Crippen LogP contribution in [-0.2, 0) is 16.0 Å². The van der Waals surface area contributed by atoms with Gasteiger partial charge in [0.15, 0.2) is 0 Å². The van der Waals surface area contributed by atoms with Gasteiger partial charge in [-0.1, -0.05) is 13.0 Å². The lowest BCUT2D eigenvalue weighted by Crippen LogP contribution is -2.50. The second kappa shape index (κ2) is 6.93. The van der Waals surface area contributed by atoms with Crippen molar-refractivity contribution in [3.05, 3.63) is 22.4 Å². The molecule has 6 nitrogen and oxygen atoms in total. The molecule has 0 atom stereocenters. The highest BCUT2D eigenvalue weighted by Crippen LogP contribution is 2.36. The molecule has 7 heteroatoms. The summed E-state index contributed by atoms with van der Waals surface area (Å²) >= 11 is 1.64. The quantitative estimate of drug-likeness (QED) is 0.797. The Morgan fingerprint density at radius 2 is 2.17 bits per heavy atom. The third kappa shape index (κ3) is 3.45. The fourth-order valence-electron chi connectivity index (χ4n) is 3.39. The molecular weight excluding hydrogens is 326 g/mol. The van der Waals surface area contributed by atoms with E-state index in [1.54, 1.807) is 11.3 Å². The first-order chi connectivity index (χ1) is 11.5. The van der Waals surface area contributed by atoms with Crippen molar-refractivity contribution in [1.29, 1.82) is 0 Å². The fourth-order valence-corrected chi connectivity index (χ4v) is 4.10. The predicted octanol–water partition coefficient (Wildman–Crippen LogP) is 1.91. The lowest BCUT2D eigenvalue weighted by atomic mass is 9.77. The van der Waals surface area contributed by atoms with E-state index in [1.807, 2.05) is 17.5 Å². The summed E-state index contributed by atoms with van der Waals surface area (Å²) in [5.41, 5.74) is -0.777. The number of hydrogen-bond donors (Lipinski definition) is 2. The molecule has 0 aromatic carbocycles. The molecule has 0 radical (unpaired) electrons. The van der Waals surface area contributed by atoms with Gasteiger partial charge in [0.05, 0.1) is 0 Å². The summed E-state index contributed by atoms with van der Waals surface area (Å²) in [6, 6.07) is 3.55. The molecule has 1 aromatic heterocycles. The molecule has 24 heavy (non-hydrogen) atoms. The maximum absolute atomic E-state index is 12.7. The fraction of sp³-hybridized carbons (Fsp3) is 0.588. The zero-order valence-electron chi connectivity index (χ0n) is 13.8. The van der Waals surface area contributed by atoms with Crippen molar-refractivity contribution in [3.63, 3.8) is 0 Å². The van der Waals surface area contributed by atoms with Crippen molar-refractivity contribution in [2.75, 3.05) is 13.1 Å². The van der Waals surface area contributed by atoms with E-state index in [2.05, 4.69) is 17.6 Å². The minimum Gasteiger partial charge on any atom is -0.354 e. The molecule has 2 aliphatic rings. The van der Waals surface area contributed by atoms with Crippen molar-refractivity contribution in [1.82, 2.24) is 15.5 Å². The number of carbonyl (C=O) groups excluding carboxylic acids is 3. The average molecular weight is 349 g/mol. The molecule has 2 heterocycles. The van der Waals surface area contributed by atoms with Crippen molar-refractivity contribution in [3.8, 4) is 0 Å². The SMILES string of the molecule is CC1CCC2(CC1)NC(=O)N(CC(=O)NCCc1cccs1)C2=O. The predicted molar refractivity (Wildman–Crippen MR) is 91.6 cm³/mol. The van der Waals surface area contributed by atoms with Crippen LogP contribution in [0.1, 0.15) is 37.5 Å². The molecule has 130 valence electrons. The minimum atomic E-state index is -0.777. The third-order valence-corrected chi connectivity index (χ3v) is 5.89. The van der Waals surface area contributed by atoms with Gasteiger partial charge in [-0.3, -0.25) is 14.5 Å². The summed E-state index contributed by atoms with van der Waals surface area (Å²) in [6.07, 6.45) is 3.93. The summed E-state index contributed by atoms with van der Waals surface area (Å²) in [4.78, 5) is 39.1. The minimum absolute atomic E-state index is 0.202. The molecule has 0 bridgehead atoms. The van der Waals surface area contributed by atoms with Crippen LogP contribution in [0.2, 0.25) is 0 Å². The van der Waals surface area contributed by atoms with Crippen molar-refractivity contribution in [2.45, 2.75) is 44.6 Å². The second-order valence-corrected chi connectivity index (χ2v) is 7.80. The summed E-state index contributed by atoms with van der Waals surface area (Å²) in [5, 5.41) is 7.61. The third-order valence-electron chi connectivity index (χ3n) is 4.95. The lowest BCUT2D eigenvalue weighted by Gasteiger charge is -2.33. The number of urea groups is 1. The van der Waals surface area contributed by atoms with Crippen LogP contribution in [0.4, 0.5) is 4.79 Å². The van der Waals surface area contributed by atoms with Crippen LogP contribution < -0.4 is 10.6 Å². The monoisotopic (exact) mass is 349 g/mol. The number of nitrogens with one attached hydrogen (secondary N) is 2. The zero-order chi connectivity index (χ0) is 17.2. The number of carbonyl (C=O) groups is 3. The van der Waals surface area contributed by atoms with Crippen molar-refractivity contribution < 1.29 is 14.4 Å². The highest BCUT2D eigenvalue weighted by Gasteiger charge is 2.52. The first kappa shape index (κ1) is 17.0. The van der Waals surface area contributed by atoms with Gasteiger partial charge in [0.1, 0.15) is 12.1 Å². The van der Waals surface area contributed by atoms with E-state index in [1.165, 1.54) is 4.88 Å². The van der Waals surface area contributed by atoms with Gasteiger partial charge in [-0.05, 0) is 49.5 Å². The summed E-state index contributed by atoms with van der Waals surface area (Å²) in [6.45, 7) is 2.46. The summed E-state index contributed by atoms with van der Waals surface area (Å²) < 4.78 is 0. The Kier molecular flexibility index (Phi) is 4.89. The molecule has 1 saturated heterocycles. The molecule has 2 fully saturated rings. The summed E-state index contributed by atoms with van der Waals surface area (Å²) in [7, 11) is 0. The standard InChI is InChI=1S/C17H23N3O3S/c1-12-4-7-17(8-5-12)15(22)20(16(23)19-17)11-14(21)18-9-6-13-3-2-10-24-13/h2-3,10,12H,4-9,11H2,1H3,(H,18,21)(H,19,23). The topological polar surface area (TPSA) is 78.5 Å². The van der Waals surface area contributed by atoms with E-state index in [9.17, 15) is 14.4 Å². The Morgan fingerprint density at radius 3 is 2.83 bits per heavy atom. The van der Waals surface area contributed by atoms with Gasteiger partial charge in [-0.25, -0.2) is 4.79 Å². The van der Waals surface area contributed by atoms with Crippen LogP contribution >= 0.6 is 11.3 Å². The highest BCUT2D eigenvalue weighted by atomic mass is 32.1. The van der Waals surface area contributed by atoms with Crippen LogP contribution in [0.25, 0.3) is 0 Å². The molecule has 0 unspecified atom stereocenters. The van der Waals surface area contributed by atoms with E-state index in [0.29, 0.717) is 25.3 Å². The zero-order valence-corrected chi connectivity index (χ0v) is 14.7. The van der Waals surface area contributed by atoms with Gasteiger partial charge in [-0.15, -0.1) is 11.3 Å². The molecule has 3 rings (SSSR count). The largest absolute Gasteiger partial charge is 0.354 e. The number of hydrogen-bond acceptors (Lipinski definition) is 4. The second-order valence-electron chi connectivity index (χ2n) is 6.77. The van der Waals surface area contributed by atoms with Crippen LogP contribution in [0.5, 0.6) is 0 Å². The maximum Gasteiger partial charge on any atom is 0.325 e. The Labute approximate surface area is 145 Å². The van der Waals surface area contributed by atoms with Crippen LogP contribution in [0, 0.1) is 5.92 Å². The van der Waals surface area contributed by atoms with E-state index in [0.717, 1.165) is 24.2 Å². The van der Waals surface area contributed by atoms with Crippen LogP contribution in [0.15, 0.2) is 17.5 Å². The first-order valence-corrected chi connectivity index (χ1v) is 9.31. The molecule has 4 amide bonds. The first-order valence-electron chi connectivity index (χ1n) is 8.43. The Hall–Kier alpha value is -1.89. The molecule has 1 spiro atoms. The molecular formula is C17H23N3O3S. The van der Waals surface area contributed by atoms with Gasteiger partial charge in [0, 0.05) is 11.4 Å². The molecule has 1 aromatic rings. The maximum atomic E-state index is 12.7. The number of amides is 4. The van der Waals surface area contributed by atoms with Gasteiger partial charge < -0.3 is 10.6 Å². The molecule has 2 N–H and O–H groups in total. The van der Waals surface area contributed by atoms with Gasteiger partial charge in [-0.2, -0.15) is 0 Å².